The molecule has 0 atom stereocenters. The molecule has 0 saturated heterocycles. The Morgan fingerprint density at radius 3 is 0.500 bits per heavy atom. The van der Waals surface area contributed by atoms with Crippen molar-refractivity contribution in [1.29, 1.82) is 0 Å². The van der Waals surface area contributed by atoms with Gasteiger partial charge in [-0.25, -0.2) is 0 Å². The van der Waals surface area contributed by atoms with E-state index in [0.717, 1.165) is 0 Å². The first kappa shape index (κ1) is 18.0. The van der Waals surface area contributed by atoms with Gasteiger partial charge in [-0.3, -0.25) is 0 Å². The predicted octanol–water partition coefficient (Wildman–Crippen LogP) is 5.94. The van der Waals surface area contributed by atoms with Crippen LogP contribution in [0.4, 0.5) is 52.7 Å². The summed E-state index contributed by atoms with van der Waals surface area (Å²) in [4.78, 5) is 0. The Bertz CT molecular complexity index is 220. The minimum Gasteiger partial charge on any atom is -0.166 e. The molecule has 0 nitrogen and oxygen atoms in total. The Morgan fingerprint density at radius 2 is 0.444 bits per heavy atom. The first-order chi connectivity index (χ1) is 7.49. The summed E-state index contributed by atoms with van der Waals surface area (Å²) in [5, 5.41) is 0. The van der Waals surface area contributed by atoms with E-state index in [1.54, 1.807) is 0 Å². The topological polar surface area (TPSA) is 0 Å². The molecule has 0 amide bonds. The predicted molar refractivity (Wildman–Crippen MR) is 38.1 cm³/mol. The van der Waals surface area contributed by atoms with Crippen LogP contribution in [0.2, 0.25) is 0 Å². The summed E-state index contributed by atoms with van der Waals surface area (Å²) in [7, 11) is -12.5. The van der Waals surface area contributed by atoms with Gasteiger partial charge < -0.3 is 0 Å². The molecule has 0 aliphatic carbocycles. The summed E-state index contributed by atoms with van der Waals surface area (Å²) < 4.78 is 142. The second-order valence-corrected chi connectivity index (χ2v) is 8.17. The average Bonchev–Trinajstić information content (AvgIpc) is 1.89. The van der Waals surface area contributed by atoms with Gasteiger partial charge in [-0.05, 0) is 0 Å². The fourth-order valence-electron chi connectivity index (χ4n) is 0.741. The summed E-state index contributed by atoms with van der Waals surface area (Å²) >= 11 is 0. The Morgan fingerprint density at radius 1 is 0.333 bits per heavy atom. The summed E-state index contributed by atoms with van der Waals surface area (Å²) in [6.07, 6.45) is 0. The number of hydrogen-bond acceptors (Lipinski definition) is 0. The Hall–Kier alpha value is 0.0200. The van der Waals surface area contributed by atoms with Crippen LogP contribution in [0, 0.1) is 0 Å². The fourth-order valence-corrected chi connectivity index (χ4v) is 4.94. The summed E-state index contributed by atoms with van der Waals surface area (Å²) in [5.74, 6) is -26.5. The zero-order chi connectivity index (χ0) is 15.2. The zero-order valence-electron chi connectivity index (χ0n) is 7.43. The molecule has 0 aromatic carbocycles. The smallest absolute Gasteiger partial charge is 0.166 e. The van der Waals surface area contributed by atoms with Gasteiger partial charge in [0.05, 0.1) is 0 Å². The largest absolute Gasteiger partial charge is 0.418 e. The highest BCUT2D eigenvalue weighted by Crippen LogP contribution is 2.92. The van der Waals surface area contributed by atoms with E-state index in [1.807, 2.05) is 0 Å². The molecule has 0 heterocycles. The van der Waals surface area contributed by atoms with Crippen LogP contribution >= 0.6 is 15.2 Å². The molecule has 0 radical (unpaired) electrons. The molecule has 0 rings (SSSR count). The number of alkyl halides is 12. The minimum atomic E-state index is -6.63. The van der Waals surface area contributed by atoms with Crippen LogP contribution in [0.3, 0.4) is 0 Å². The average molecular weight is 338 g/mol. The van der Waals surface area contributed by atoms with Crippen molar-refractivity contribution < 1.29 is 52.7 Å². The molecule has 14 heteroatoms. The van der Waals surface area contributed by atoms with Crippen LogP contribution in [0.5, 0.6) is 0 Å². The second-order valence-electron chi connectivity index (χ2n) is 2.49. The first-order valence-electron chi connectivity index (χ1n) is 3.36. The summed E-state index contributed by atoms with van der Waals surface area (Å²) in [6, 6.07) is 0. The highest BCUT2D eigenvalue weighted by atomic mass is 32.1. The monoisotopic (exact) mass is 338 g/mol. The van der Waals surface area contributed by atoms with Crippen LogP contribution in [0.1, 0.15) is 0 Å². The van der Waals surface area contributed by atoms with Gasteiger partial charge in [-0.15, -0.1) is 0 Å². The van der Waals surface area contributed by atoms with Crippen molar-refractivity contribution in [2.75, 3.05) is 0 Å². The lowest BCUT2D eigenvalue weighted by Gasteiger charge is -2.32. The molecule has 0 aliphatic rings. The zero-order valence-corrected chi connectivity index (χ0v) is 9.22. The van der Waals surface area contributed by atoms with Gasteiger partial charge in [0, 0.05) is 0 Å². The molecule has 0 bridgehead atoms. The lowest BCUT2D eigenvalue weighted by atomic mass is 11.5. The lowest BCUT2D eigenvalue weighted by Crippen LogP contribution is -2.26. The third kappa shape index (κ3) is 4.60. The quantitative estimate of drug-likeness (QED) is 0.410. The number of hydrogen-bond donors (Lipinski definition) is 0. The standard InChI is InChI=1S/C4F12P2/c5-1(6,7)17(2(8,9)10)18(3(11,12)13)4(14,15)16. The normalized spacial score (nSPS) is 15.7. The van der Waals surface area contributed by atoms with Crippen LogP contribution in [0.25, 0.3) is 0 Å². The van der Waals surface area contributed by atoms with Gasteiger partial charge in [0.1, 0.15) is 0 Å². The van der Waals surface area contributed by atoms with Gasteiger partial charge in [0.25, 0.3) is 0 Å². The third-order valence-corrected chi connectivity index (χ3v) is 7.40. The maximum absolute atomic E-state index is 11.9. The van der Waals surface area contributed by atoms with Gasteiger partial charge >= 0.3 is 23.7 Å². The summed E-state index contributed by atoms with van der Waals surface area (Å²) in [5.41, 5.74) is 0. The van der Waals surface area contributed by atoms with Gasteiger partial charge in [-0.1, -0.05) is 0 Å². The maximum atomic E-state index is 11.9. The highest BCUT2D eigenvalue weighted by Gasteiger charge is 2.74. The Kier molecular flexibility index (Phi) is 4.85. The molecule has 0 saturated carbocycles. The van der Waals surface area contributed by atoms with Crippen molar-refractivity contribution in [1.82, 2.24) is 0 Å². The molecule has 0 fully saturated rings. The molecule has 0 aromatic heterocycles. The SMILES string of the molecule is FC(F)(F)P(P(C(F)(F)F)C(F)(F)F)C(F)(F)F. The van der Waals surface area contributed by atoms with E-state index in [9.17, 15) is 52.7 Å². The molecular weight excluding hydrogens is 338 g/mol. The first-order valence-corrected chi connectivity index (χ1v) is 6.75. The molecular formula is C4F12P2. The molecule has 0 unspecified atom stereocenters. The van der Waals surface area contributed by atoms with Gasteiger partial charge in [0.15, 0.2) is 15.2 Å². The molecule has 0 aromatic rings. The maximum Gasteiger partial charge on any atom is 0.418 e. The lowest BCUT2D eigenvalue weighted by molar-refractivity contribution is -0.0943. The Balaban J connectivity index is 5.84. The second kappa shape index (κ2) is 4.85. The molecule has 18 heavy (non-hydrogen) atoms. The van der Waals surface area contributed by atoms with Crippen molar-refractivity contribution in [2.45, 2.75) is 23.7 Å². The van der Waals surface area contributed by atoms with E-state index >= 15 is 0 Å². The van der Waals surface area contributed by atoms with E-state index in [0.29, 0.717) is 0 Å². The number of rotatable bonds is 1. The van der Waals surface area contributed by atoms with Crippen molar-refractivity contribution in [3.63, 3.8) is 0 Å². The van der Waals surface area contributed by atoms with Crippen molar-refractivity contribution in [3.05, 3.63) is 0 Å². The highest BCUT2D eigenvalue weighted by molar-refractivity contribution is 8.31. The Labute approximate surface area is 92.7 Å². The molecule has 0 aliphatic heterocycles. The van der Waals surface area contributed by atoms with Crippen LogP contribution in [-0.2, 0) is 0 Å². The van der Waals surface area contributed by atoms with Crippen molar-refractivity contribution >= 4 is 15.2 Å². The molecule has 0 spiro atoms. The van der Waals surface area contributed by atoms with E-state index in [2.05, 4.69) is 0 Å². The van der Waals surface area contributed by atoms with Crippen molar-refractivity contribution in [3.8, 4) is 0 Å². The molecule has 0 N–H and O–H groups in total. The van der Waals surface area contributed by atoms with E-state index in [-0.39, 0.29) is 0 Å². The van der Waals surface area contributed by atoms with Gasteiger partial charge in [-0.2, -0.15) is 52.7 Å². The van der Waals surface area contributed by atoms with Crippen LogP contribution < -0.4 is 0 Å². The minimum absolute atomic E-state index is 6.27. The van der Waals surface area contributed by atoms with Gasteiger partial charge in [0.2, 0.25) is 0 Å². The van der Waals surface area contributed by atoms with E-state index in [1.165, 1.54) is 0 Å². The van der Waals surface area contributed by atoms with Crippen LogP contribution in [-0.4, -0.2) is 23.7 Å². The fraction of sp³-hybridized carbons (Fsp3) is 1.00. The third-order valence-electron chi connectivity index (χ3n) is 1.16. The molecule has 110 valence electrons. The van der Waals surface area contributed by atoms with E-state index in [4.69, 9.17) is 0 Å². The number of halogens is 12. The van der Waals surface area contributed by atoms with E-state index < -0.39 is 38.9 Å². The van der Waals surface area contributed by atoms with Crippen molar-refractivity contribution in [2.24, 2.45) is 0 Å². The summed E-state index contributed by atoms with van der Waals surface area (Å²) in [6.45, 7) is 0. The van der Waals surface area contributed by atoms with Crippen LogP contribution in [0.15, 0.2) is 0 Å².